The van der Waals surface area contributed by atoms with Gasteiger partial charge < -0.3 is 15.3 Å². The van der Waals surface area contributed by atoms with Crippen molar-refractivity contribution in [2.75, 3.05) is 0 Å². The molecule has 0 atom stereocenters. The van der Waals surface area contributed by atoms with Crippen LogP contribution in [0.15, 0.2) is 70.5 Å². The van der Waals surface area contributed by atoms with E-state index in [0.29, 0.717) is 22.1 Å². The molecule has 1 heterocycles. The zero-order valence-electron chi connectivity index (χ0n) is 16.9. The number of fused-ring (bicyclic) bond motifs is 1. The summed E-state index contributed by atoms with van der Waals surface area (Å²) in [4.78, 5) is 18.9. The van der Waals surface area contributed by atoms with Crippen LogP contribution in [0.5, 0.6) is 17.4 Å². The van der Waals surface area contributed by atoms with Crippen molar-refractivity contribution in [2.24, 2.45) is 4.99 Å². The van der Waals surface area contributed by atoms with Crippen LogP contribution in [0.2, 0.25) is 0 Å². The van der Waals surface area contributed by atoms with E-state index in [2.05, 4.69) is 9.98 Å². The predicted octanol–water partition coefficient (Wildman–Crippen LogP) is 4.95. The van der Waals surface area contributed by atoms with Crippen LogP contribution in [-0.2, 0) is 12.7 Å². The number of pyridine rings is 1. The van der Waals surface area contributed by atoms with Crippen LogP contribution in [0, 0.1) is 0 Å². The molecule has 0 saturated heterocycles. The second-order valence-corrected chi connectivity index (χ2v) is 7.34. The molecule has 0 radical (unpaired) electrons. The normalized spacial score (nSPS) is 12.0. The summed E-state index contributed by atoms with van der Waals surface area (Å²) < 4.78 is 38.5. The van der Waals surface area contributed by atoms with E-state index >= 15 is 0 Å². The highest BCUT2D eigenvalue weighted by molar-refractivity contribution is 6.02. The van der Waals surface area contributed by atoms with Gasteiger partial charge in [0.05, 0.1) is 17.7 Å². The molecular weight excluding hydrogens is 437 g/mol. The van der Waals surface area contributed by atoms with Crippen LogP contribution in [0.4, 0.5) is 13.2 Å². The molecule has 0 aliphatic carbocycles. The van der Waals surface area contributed by atoms with Gasteiger partial charge in [0.2, 0.25) is 5.88 Å². The zero-order chi connectivity index (χ0) is 23.8. The van der Waals surface area contributed by atoms with Crippen molar-refractivity contribution in [1.29, 1.82) is 0 Å². The molecule has 0 amide bonds. The molecule has 0 spiro atoms. The van der Waals surface area contributed by atoms with Gasteiger partial charge in [0.25, 0.3) is 5.56 Å². The second kappa shape index (κ2) is 8.34. The van der Waals surface area contributed by atoms with Crippen LogP contribution in [0.25, 0.3) is 21.9 Å². The molecule has 4 aromatic rings. The summed E-state index contributed by atoms with van der Waals surface area (Å²) in [6.45, 7) is 0.118. The van der Waals surface area contributed by atoms with Gasteiger partial charge in [-0.25, -0.2) is 0 Å². The van der Waals surface area contributed by atoms with Gasteiger partial charge in [-0.05, 0) is 53.1 Å². The summed E-state index contributed by atoms with van der Waals surface area (Å²) in [6, 6.07) is 13.6. The lowest BCUT2D eigenvalue weighted by molar-refractivity contribution is -0.137. The fourth-order valence-corrected chi connectivity index (χ4v) is 3.41. The maximum atomic E-state index is 12.8. The van der Waals surface area contributed by atoms with Crippen molar-refractivity contribution in [3.8, 4) is 28.5 Å². The Kier molecular flexibility index (Phi) is 5.55. The number of alkyl halides is 3. The third kappa shape index (κ3) is 4.52. The second-order valence-electron chi connectivity index (χ2n) is 7.34. The van der Waals surface area contributed by atoms with Crippen molar-refractivity contribution in [3.63, 3.8) is 0 Å². The molecule has 4 N–H and O–H groups in total. The van der Waals surface area contributed by atoms with Crippen LogP contribution >= 0.6 is 0 Å². The van der Waals surface area contributed by atoms with Gasteiger partial charge in [-0.3, -0.25) is 14.8 Å². The Labute approximate surface area is 184 Å². The Morgan fingerprint density at radius 2 is 1.55 bits per heavy atom. The van der Waals surface area contributed by atoms with Crippen molar-refractivity contribution >= 4 is 17.0 Å². The summed E-state index contributed by atoms with van der Waals surface area (Å²) in [6.07, 6.45) is -3.09. The number of halogens is 3. The minimum Gasteiger partial charge on any atom is -0.504 e. The highest BCUT2D eigenvalue weighted by Crippen LogP contribution is 2.32. The standard InChI is InChI=1S/C24H17F3N2O4/c25-24(26,27)16-5-2-14(3-6-16)15-4-7-17-18(10-15)19(23(33)29-22(17)32)12-28-11-13-1-8-20(30)21(31)9-13/h1-10,12,30-31H,11H2,(H2,29,32,33). The number of phenolic OH excluding ortho intramolecular Hbond substituents is 2. The van der Waals surface area contributed by atoms with Crippen molar-refractivity contribution in [2.45, 2.75) is 12.7 Å². The van der Waals surface area contributed by atoms with E-state index in [1.165, 1.54) is 36.5 Å². The molecular formula is C24H17F3N2O4. The number of nitrogens with one attached hydrogen (secondary N) is 1. The van der Waals surface area contributed by atoms with Crippen LogP contribution in [0.3, 0.4) is 0 Å². The molecule has 1 aromatic heterocycles. The smallest absolute Gasteiger partial charge is 0.416 e. The third-order valence-corrected chi connectivity index (χ3v) is 5.12. The molecule has 0 aliphatic rings. The van der Waals surface area contributed by atoms with Crippen LogP contribution < -0.4 is 5.56 Å². The van der Waals surface area contributed by atoms with E-state index in [1.807, 2.05) is 0 Å². The summed E-state index contributed by atoms with van der Waals surface area (Å²) in [5.41, 5.74) is 0.587. The quantitative estimate of drug-likeness (QED) is 0.259. The molecule has 3 aromatic carbocycles. The third-order valence-electron chi connectivity index (χ3n) is 5.12. The zero-order valence-corrected chi connectivity index (χ0v) is 16.9. The molecule has 0 unspecified atom stereocenters. The molecule has 0 aliphatic heterocycles. The van der Waals surface area contributed by atoms with Gasteiger partial charge >= 0.3 is 6.18 Å². The lowest BCUT2D eigenvalue weighted by Crippen LogP contribution is -2.08. The highest BCUT2D eigenvalue weighted by Gasteiger charge is 2.30. The Bertz CT molecular complexity index is 1430. The van der Waals surface area contributed by atoms with Crippen LogP contribution in [0.1, 0.15) is 16.7 Å². The van der Waals surface area contributed by atoms with Gasteiger partial charge in [-0.1, -0.05) is 24.3 Å². The Morgan fingerprint density at radius 1 is 0.848 bits per heavy atom. The molecule has 33 heavy (non-hydrogen) atoms. The summed E-state index contributed by atoms with van der Waals surface area (Å²) in [5, 5.41) is 29.9. The van der Waals surface area contributed by atoms with Crippen molar-refractivity contribution in [1.82, 2.24) is 4.98 Å². The topological polar surface area (TPSA) is 106 Å². The average Bonchev–Trinajstić information content (AvgIpc) is 2.77. The minimum absolute atomic E-state index is 0.118. The number of rotatable bonds is 4. The van der Waals surface area contributed by atoms with E-state index in [1.54, 1.807) is 18.2 Å². The predicted molar refractivity (Wildman–Crippen MR) is 118 cm³/mol. The van der Waals surface area contributed by atoms with E-state index in [9.17, 15) is 33.3 Å². The number of H-pyrrole nitrogens is 1. The van der Waals surface area contributed by atoms with Crippen LogP contribution in [-0.4, -0.2) is 26.5 Å². The van der Waals surface area contributed by atoms with Gasteiger partial charge in [-0.2, -0.15) is 13.2 Å². The van der Waals surface area contributed by atoms with Crippen molar-refractivity contribution in [3.05, 3.63) is 87.7 Å². The minimum atomic E-state index is -4.45. The van der Waals surface area contributed by atoms with Crippen molar-refractivity contribution < 1.29 is 28.5 Å². The Morgan fingerprint density at radius 3 is 2.21 bits per heavy atom. The fraction of sp³-hybridized carbons (Fsp3) is 0.0833. The fourth-order valence-electron chi connectivity index (χ4n) is 3.41. The van der Waals surface area contributed by atoms with E-state index in [4.69, 9.17) is 0 Å². The first-order valence-corrected chi connectivity index (χ1v) is 9.71. The summed E-state index contributed by atoms with van der Waals surface area (Å²) in [5.74, 6) is -0.960. The first kappa shape index (κ1) is 21.9. The van der Waals surface area contributed by atoms with E-state index in [-0.39, 0.29) is 29.0 Å². The van der Waals surface area contributed by atoms with Gasteiger partial charge in [0.1, 0.15) is 0 Å². The van der Waals surface area contributed by atoms with Gasteiger partial charge in [0, 0.05) is 17.0 Å². The number of nitrogens with zero attached hydrogens (tertiary/aromatic N) is 1. The van der Waals surface area contributed by atoms with Gasteiger partial charge in [0.15, 0.2) is 11.5 Å². The van der Waals surface area contributed by atoms with E-state index < -0.39 is 23.2 Å². The maximum absolute atomic E-state index is 12.8. The first-order chi connectivity index (χ1) is 15.6. The number of aliphatic imine (C=N–C) groups is 1. The summed E-state index contributed by atoms with van der Waals surface area (Å²) in [7, 11) is 0. The molecule has 0 bridgehead atoms. The highest BCUT2D eigenvalue weighted by atomic mass is 19.4. The molecule has 6 nitrogen and oxygen atoms in total. The molecule has 4 rings (SSSR count). The van der Waals surface area contributed by atoms with Gasteiger partial charge in [-0.15, -0.1) is 0 Å². The molecule has 0 saturated carbocycles. The number of aromatic amines is 1. The first-order valence-electron chi connectivity index (χ1n) is 9.71. The average molecular weight is 454 g/mol. The Balaban J connectivity index is 1.73. The number of benzene rings is 3. The number of hydrogen-bond acceptors (Lipinski definition) is 5. The number of phenols is 2. The lowest BCUT2D eigenvalue weighted by Gasteiger charge is -2.10. The SMILES string of the molecule is O=c1[nH]c(O)c(C=NCc2ccc(O)c(O)c2)c2cc(-c3ccc(C(F)(F)F)cc3)ccc12. The number of hydrogen-bond donors (Lipinski definition) is 4. The molecule has 0 fully saturated rings. The molecule has 9 heteroatoms. The number of aromatic hydroxyl groups is 3. The summed E-state index contributed by atoms with van der Waals surface area (Å²) >= 11 is 0. The molecule has 168 valence electrons. The Hall–Kier alpha value is -4.27. The number of aromatic nitrogens is 1. The van der Waals surface area contributed by atoms with E-state index in [0.717, 1.165) is 12.1 Å². The lowest BCUT2D eigenvalue weighted by atomic mass is 9.99. The largest absolute Gasteiger partial charge is 0.504 e. The monoisotopic (exact) mass is 454 g/mol. The maximum Gasteiger partial charge on any atom is 0.416 e.